The number of ether oxygens (including phenoxy) is 1. The summed E-state index contributed by atoms with van der Waals surface area (Å²) in [6.07, 6.45) is 2.27. The van der Waals surface area contributed by atoms with Crippen LogP contribution in [0.15, 0.2) is 17.0 Å². The monoisotopic (exact) mass is 286 g/mol. The zero-order valence-electron chi connectivity index (χ0n) is 7.66. The molecule has 1 N–H and O–H groups in total. The van der Waals surface area contributed by atoms with Crippen molar-refractivity contribution < 1.29 is 18.7 Å². The fraction of sp³-hybridized carbons (Fsp3) is 0. The molecule has 0 atom stereocenters. The van der Waals surface area contributed by atoms with Gasteiger partial charge in [0.2, 0.25) is 6.29 Å². The number of aldehydes is 1. The normalized spacial score (nSPS) is 10.4. The summed E-state index contributed by atoms with van der Waals surface area (Å²) in [5.41, 5.74) is 0.355. The van der Waals surface area contributed by atoms with Gasteiger partial charge in [-0.3, -0.25) is 4.79 Å². The average Bonchev–Trinajstić information content (AvgIpc) is 2.68. The van der Waals surface area contributed by atoms with E-state index in [1.54, 1.807) is 0 Å². The van der Waals surface area contributed by atoms with Crippen molar-refractivity contribution in [2.24, 2.45) is 0 Å². The zero-order chi connectivity index (χ0) is 11.7. The molecule has 2 heterocycles. The number of rotatable bonds is 2. The number of esters is 1. The number of hydrogen-bond donors (Lipinski definition) is 1. The predicted octanol–water partition coefficient (Wildman–Crippen LogP) is 1.57. The number of carbonyl (C=O) groups excluding carboxylic acids is 2. The maximum absolute atomic E-state index is 13.4. The average molecular weight is 287 g/mol. The first kappa shape index (κ1) is 10.7. The van der Waals surface area contributed by atoms with E-state index in [0.29, 0.717) is 10.1 Å². The number of nitrogens with one attached hydrogen (secondary N) is 1. The third-order valence-corrected chi connectivity index (χ3v) is 2.49. The fourth-order valence-corrected chi connectivity index (χ4v) is 1.68. The summed E-state index contributed by atoms with van der Waals surface area (Å²) in [4.78, 5) is 27.3. The van der Waals surface area contributed by atoms with Crippen molar-refractivity contribution in [3.8, 4) is 5.75 Å². The molecule has 0 bridgehead atoms. The van der Waals surface area contributed by atoms with Gasteiger partial charge in [0.15, 0.2) is 11.6 Å². The number of aromatic amines is 1. The van der Waals surface area contributed by atoms with Crippen LogP contribution < -0.4 is 4.74 Å². The minimum absolute atomic E-state index is 0.00692. The summed E-state index contributed by atoms with van der Waals surface area (Å²) in [5, 5.41) is 0.0667. The number of aromatic nitrogens is 2. The third kappa shape index (κ3) is 1.69. The van der Waals surface area contributed by atoms with Gasteiger partial charge in [-0.2, -0.15) is 0 Å². The highest BCUT2D eigenvalue weighted by Gasteiger charge is 2.15. The molecule has 5 nitrogen and oxygen atoms in total. The van der Waals surface area contributed by atoms with E-state index in [-0.39, 0.29) is 17.4 Å². The van der Waals surface area contributed by atoms with Gasteiger partial charge in [-0.25, -0.2) is 14.2 Å². The maximum Gasteiger partial charge on any atom is 0.376 e. The molecule has 16 heavy (non-hydrogen) atoms. The number of halogens is 2. The first-order valence-electron chi connectivity index (χ1n) is 4.11. The molecular weight excluding hydrogens is 283 g/mol. The highest BCUT2D eigenvalue weighted by Crippen LogP contribution is 2.31. The van der Waals surface area contributed by atoms with Gasteiger partial charge in [-0.05, 0) is 15.9 Å². The van der Waals surface area contributed by atoms with Gasteiger partial charge in [-0.15, -0.1) is 0 Å². The van der Waals surface area contributed by atoms with Gasteiger partial charge in [0.25, 0.3) is 0 Å². The first-order chi connectivity index (χ1) is 7.63. The molecule has 0 radical (unpaired) electrons. The molecule has 2 rings (SSSR count). The summed E-state index contributed by atoms with van der Waals surface area (Å²) >= 11 is 3.11. The summed E-state index contributed by atoms with van der Waals surface area (Å²) in [5.74, 6) is -1.78. The Balaban J connectivity index is 2.59. The number of hydrogen-bond acceptors (Lipinski definition) is 4. The van der Waals surface area contributed by atoms with E-state index in [2.05, 4.69) is 30.6 Å². The Kier molecular flexibility index (Phi) is 2.69. The fourth-order valence-electron chi connectivity index (χ4n) is 1.26. The van der Waals surface area contributed by atoms with E-state index in [1.807, 2.05) is 0 Å². The number of carbonyl (C=O) groups is 2. The molecule has 0 saturated heterocycles. The molecule has 0 aromatic carbocycles. The van der Waals surface area contributed by atoms with E-state index in [9.17, 15) is 14.0 Å². The molecule has 0 aliphatic heterocycles. The highest BCUT2D eigenvalue weighted by atomic mass is 79.9. The second-order valence-corrected chi connectivity index (χ2v) is 3.59. The second kappa shape index (κ2) is 4.01. The molecule has 0 fully saturated rings. The summed E-state index contributed by atoms with van der Waals surface area (Å²) in [6.45, 7) is 0. The zero-order valence-corrected chi connectivity index (χ0v) is 9.25. The Labute approximate surface area is 96.7 Å². The van der Waals surface area contributed by atoms with Gasteiger partial charge in [-0.1, -0.05) is 0 Å². The molecule has 0 unspecified atom stereocenters. The highest BCUT2D eigenvalue weighted by molar-refractivity contribution is 9.10. The summed E-state index contributed by atoms with van der Waals surface area (Å²) in [6, 6.07) is 0. The van der Waals surface area contributed by atoms with Gasteiger partial charge in [0.1, 0.15) is 4.60 Å². The predicted molar refractivity (Wildman–Crippen MR) is 55.5 cm³/mol. The minimum Gasteiger partial charge on any atom is -0.419 e. The molecule has 0 aliphatic carbocycles. The largest absolute Gasteiger partial charge is 0.419 e. The molecule has 7 heteroatoms. The molecular formula is C9H4BrFN2O3. The van der Waals surface area contributed by atoms with Crippen LogP contribution in [0.25, 0.3) is 10.9 Å². The van der Waals surface area contributed by atoms with E-state index in [4.69, 9.17) is 0 Å². The van der Waals surface area contributed by atoms with Crippen LogP contribution in [0.5, 0.6) is 5.75 Å². The topological polar surface area (TPSA) is 72.1 Å². The van der Waals surface area contributed by atoms with E-state index < -0.39 is 11.8 Å². The van der Waals surface area contributed by atoms with Crippen molar-refractivity contribution in [2.45, 2.75) is 0 Å². The Bertz CT molecular complexity index is 581. The van der Waals surface area contributed by atoms with Crippen LogP contribution in [-0.2, 0) is 9.59 Å². The van der Waals surface area contributed by atoms with Crippen LogP contribution in [0, 0.1) is 5.82 Å². The van der Waals surface area contributed by atoms with Crippen LogP contribution in [0.2, 0.25) is 0 Å². The van der Waals surface area contributed by atoms with E-state index in [1.165, 1.54) is 6.20 Å². The lowest BCUT2D eigenvalue weighted by atomic mass is 10.3. The molecule has 0 spiro atoms. The standard InChI is InChI=1S/C9H4BrFN2O3/c10-9-8-7(4(11)1-13-9)5(2-12-8)16-6(15)3-14/h1-3,12H. The SMILES string of the molecule is O=CC(=O)Oc1c[nH]c2c(Br)ncc(F)c12. The van der Waals surface area contributed by atoms with E-state index in [0.717, 1.165) is 6.20 Å². The lowest BCUT2D eigenvalue weighted by Crippen LogP contribution is -2.08. The molecule has 0 saturated carbocycles. The van der Waals surface area contributed by atoms with Crippen molar-refractivity contribution in [1.29, 1.82) is 0 Å². The lowest BCUT2D eigenvalue weighted by Gasteiger charge is -1.99. The van der Waals surface area contributed by atoms with Crippen molar-refractivity contribution in [3.05, 3.63) is 22.8 Å². The quantitative estimate of drug-likeness (QED) is 0.394. The number of pyridine rings is 1. The van der Waals surface area contributed by atoms with Crippen molar-refractivity contribution in [2.75, 3.05) is 0 Å². The number of H-pyrrole nitrogens is 1. The number of fused-ring (bicyclic) bond motifs is 1. The lowest BCUT2D eigenvalue weighted by molar-refractivity contribution is -0.141. The summed E-state index contributed by atoms with van der Waals surface area (Å²) < 4.78 is 18.4. The molecule has 0 amide bonds. The smallest absolute Gasteiger partial charge is 0.376 e. The molecule has 0 aliphatic rings. The van der Waals surface area contributed by atoms with Gasteiger partial charge in [0, 0.05) is 6.20 Å². The Morgan fingerprint density at radius 1 is 1.62 bits per heavy atom. The van der Waals surface area contributed by atoms with Crippen molar-refractivity contribution in [1.82, 2.24) is 9.97 Å². The first-order valence-corrected chi connectivity index (χ1v) is 4.91. The van der Waals surface area contributed by atoms with Crippen molar-refractivity contribution in [3.63, 3.8) is 0 Å². The summed E-state index contributed by atoms with van der Waals surface area (Å²) in [7, 11) is 0. The second-order valence-electron chi connectivity index (χ2n) is 2.84. The Hall–Kier alpha value is -1.76. The van der Waals surface area contributed by atoms with Gasteiger partial charge in [0.05, 0.1) is 17.1 Å². The molecule has 82 valence electrons. The van der Waals surface area contributed by atoms with Crippen LogP contribution in [-0.4, -0.2) is 22.2 Å². The third-order valence-electron chi connectivity index (χ3n) is 1.89. The van der Waals surface area contributed by atoms with E-state index >= 15 is 0 Å². The minimum atomic E-state index is -1.09. The van der Waals surface area contributed by atoms with Gasteiger partial charge >= 0.3 is 5.97 Å². The molecule has 2 aromatic heterocycles. The maximum atomic E-state index is 13.4. The van der Waals surface area contributed by atoms with Crippen molar-refractivity contribution >= 4 is 39.1 Å². The van der Waals surface area contributed by atoms with Gasteiger partial charge < -0.3 is 9.72 Å². The van der Waals surface area contributed by atoms with Crippen LogP contribution in [0.3, 0.4) is 0 Å². The Morgan fingerprint density at radius 2 is 2.38 bits per heavy atom. The van der Waals surface area contributed by atoms with Crippen LogP contribution >= 0.6 is 15.9 Å². The number of nitrogens with zero attached hydrogens (tertiary/aromatic N) is 1. The Morgan fingerprint density at radius 3 is 3.06 bits per heavy atom. The van der Waals surface area contributed by atoms with Crippen LogP contribution in [0.1, 0.15) is 0 Å². The van der Waals surface area contributed by atoms with Crippen LogP contribution in [0.4, 0.5) is 4.39 Å². The molecule has 2 aromatic rings.